The summed E-state index contributed by atoms with van der Waals surface area (Å²) < 4.78 is 5.28. The van der Waals surface area contributed by atoms with Crippen LogP contribution in [0, 0.1) is 0 Å². The molecule has 4 N–H and O–H groups in total. The minimum Gasteiger partial charge on any atom is -0.389 e. The summed E-state index contributed by atoms with van der Waals surface area (Å²) in [6.45, 7) is 4.11. The molecule has 5 nitrogen and oxygen atoms in total. The fraction of sp³-hybridized carbons (Fsp3) is 1.00. The minimum absolute atomic E-state index is 0.0880. The fourth-order valence-corrected chi connectivity index (χ4v) is 1.60. The van der Waals surface area contributed by atoms with Crippen molar-refractivity contribution in [1.29, 1.82) is 0 Å². The lowest BCUT2D eigenvalue weighted by Gasteiger charge is -2.09. The maximum Gasteiger partial charge on any atom is 0.156 e. The van der Waals surface area contributed by atoms with Gasteiger partial charge in [0.15, 0.2) is 5.79 Å². The Hall–Kier alpha value is -0.200. The first-order valence-corrected chi connectivity index (χ1v) is 4.86. The summed E-state index contributed by atoms with van der Waals surface area (Å²) in [6.07, 6.45) is 0.879. The van der Waals surface area contributed by atoms with Gasteiger partial charge in [0, 0.05) is 19.2 Å². The molecular formula is C9H19NO4. The van der Waals surface area contributed by atoms with Gasteiger partial charge in [0.25, 0.3) is 0 Å². The van der Waals surface area contributed by atoms with Crippen LogP contribution in [0.2, 0.25) is 0 Å². The van der Waals surface area contributed by atoms with E-state index in [0.29, 0.717) is 12.6 Å². The first-order valence-electron chi connectivity index (χ1n) is 4.86. The van der Waals surface area contributed by atoms with Crippen molar-refractivity contribution in [2.45, 2.75) is 44.3 Å². The van der Waals surface area contributed by atoms with Crippen LogP contribution in [0.1, 0.15) is 20.3 Å². The maximum atomic E-state index is 9.21. The monoisotopic (exact) mass is 205 g/mol. The highest BCUT2D eigenvalue weighted by Crippen LogP contribution is 2.21. The van der Waals surface area contributed by atoms with Crippen LogP contribution in [0.4, 0.5) is 0 Å². The second-order valence-electron chi connectivity index (χ2n) is 4.20. The molecule has 2 heterocycles. The third-order valence-corrected chi connectivity index (χ3v) is 2.10. The van der Waals surface area contributed by atoms with Gasteiger partial charge in [0.05, 0.1) is 12.2 Å². The van der Waals surface area contributed by atoms with E-state index < -0.39 is 5.79 Å². The van der Waals surface area contributed by atoms with Gasteiger partial charge in [-0.3, -0.25) is 0 Å². The predicted molar refractivity (Wildman–Crippen MR) is 50.7 cm³/mol. The molecule has 0 bridgehead atoms. The second kappa shape index (κ2) is 4.55. The van der Waals surface area contributed by atoms with Gasteiger partial charge >= 0.3 is 0 Å². The van der Waals surface area contributed by atoms with Crippen molar-refractivity contribution in [2.24, 2.45) is 0 Å². The van der Waals surface area contributed by atoms with E-state index in [-0.39, 0.29) is 12.2 Å². The third kappa shape index (κ3) is 3.89. The van der Waals surface area contributed by atoms with Crippen LogP contribution in [0.15, 0.2) is 0 Å². The zero-order valence-corrected chi connectivity index (χ0v) is 8.60. The standard InChI is InChI=1S/C6H11NO2.C3H8O2/c8-5-3-7-4-1-2-9-6(4)5;1-3(2,4)5/h4-8H,1-3H2;4-5H,1-2H3/t4-,5?,6+;/m1./s1. The molecule has 3 atom stereocenters. The summed E-state index contributed by atoms with van der Waals surface area (Å²) in [5.74, 6) is -1.50. The van der Waals surface area contributed by atoms with E-state index >= 15 is 0 Å². The van der Waals surface area contributed by atoms with Crippen LogP contribution in [-0.2, 0) is 4.74 Å². The first-order chi connectivity index (χ1) is 6.38. The Balaban J connectivity index is 0.000000171. The average molecular weight is 205 g/mol. The molecule has 2 aliphatic rings. The maximum absolute atomic E-state index is 9.21. The molecule has 0 aliphatic carbocycles. The lowest BCUT2D eigenvalue weighted by atomic mass is 10.1. The smallest absolute Gasteiger partial charge is 0.156 e. The molecule has 2 fully saturated rings. The Labute approximate surface area is 83.7 Å². The van der Waals surface area contributed by atoms with Crippen LogP contribution in [0.3, 0.4) is 0 Å². The number of β-amino-alcohol motifs (C(OH)–C–C–N with tert-alkyl or cyclic N) is 1. The molecule has 0 spiro atoms. The summed E-state index contributed by atoms with van der Waals surface area (Å²) in [7, 11) is 0. The summed E-state index contributed by atoms with van der Waals surface area (Å²) >= 11 is 0. The van der Waals surface area contributed by atoms with E-state index in [0.717, 1.165) is 13.0 Å². The zero-order valence-electron chi connectivity index (χ0n) is 8.60. The second-order valence-corrected chi connectivity index (χ2v) is 4.20. The Morgan fingerprint density at radius 1 is 1.36 bits per heavy atom. The van der Waals surface area contributed by atoms with Gasteiger partial charge in [-0.15, -0.1) is 0 Å². The minimum atomic E-state index is -1.50. The Kier molecular flexibility index (Phi) is 3.86. The molecule has 2 aliphatic heterocycles. The Bertz CT molecular complexity index is 174. The molecule has 84 valence electrons. The average Bonchev–Trinajstić information content (AvgIpc) is 2.52. The number of fused-ring (bicyclic) bond motifs is 1. The molecule has 5 heteroatoms. The molecule has 2 saturated heterocycles. The number of hydrogen-bond acceptors (Lipinski definition) is 5. The number of nitrogens with one attached hydrogen (secondary N) is 1. The van der Waals surface area contributed by atoms with E-state index in [2.05, 4.69) is 5.32 Å². The number of aliphatic hydroxyl groups excluding tert-OH is 1. The van der Waals surface area contributed by atoms with E-state index in [9.17, 15) is 5.11 Å². The molecule has 0 saturated carbocycles. The van der Waals surface area contributed by atoms with Crippen LogP contribution < -0.4 is 5.32 Å². The fourth-order valence-electron chi connectivity index (χ4n) is 1.60. The Morgan fingerprint density at radius 2 is 1.93 bits per heavy atom. The highest BCUT2D eigenvalue weighted by Gasteiger charge is 2.38. The van der Waals surface area contributed by atoms with E-state index in [4.69, 9.17) is 14.9 Å². The van der Waals surface area contributed by atoms with Gasteiger partial charge in [-0.05, 0) is 20.3 Å². The van der Waals surface area contributed by atoms with Crippen LogP contribution in [0.25, 0.3) is 0 Å². The van der Waals surface area contributed by atoms with E-state index in [1.807, 2.05) is 0 Å². The molecule has 14 heavy (non-hydrogen) atoms. The molecule has 0 aromatic rings. The van der Waals surface area contributed by atoms with Gasteiger partial charge in [-0.1, -0.05) is 0 Å². The van der Waals surface area contributed by atoms with Crippen LogP contribution in [-0.4, -0.2) is 52.5 Å². The largest absolute Gasteiger partial charge is 0.389 e. The van der Waals surface area contributed by atoms with Crippen molar-refractivity contribution in [3.63, 3.8) is 0 Å². The van der Waals surface area contributed by atoms with E-state index in [1.54, 1.807) is 0 Å². The summed E-state index contributed by atoms with van der Waals surface area (Å²) in [5.41, 5.74) is 0. The van der Waals surface area contributed by atoms with Crippen LogP contribution in [0.5, 0.6) is 0 Å². The van der Waals surface area contributed by atoms with Crippen molar-refractivity contribution in [3.8, 4) is 0 Å². The van der Waals surface area contributed by atoms with Crippen molar-refractivity contribution >= 4 is 0 Å². The number of hydrogen-bond donors (Lipinski definition) is 4. The predicted octanol–water partition coefficient (Wildman–Crippen LogP) is -1.18. The zero-order chi connectivity index (χ0) is 10.8. The van der Waals surface area contributed by atoms with Gasteiger partial charge in [0.2, 0.25) is 0 Å². The topological polar surface area (TPSA) is 82.0 Å². The lowest BCUT2D eigenvalue weighted by Crippen LogP contribution is -2.28. The van der Waals surface area contributed by atoms with Crippen LogP contribution >= 0.6 is 0 Å². The van der Waals surface area contributed by atoms with Gasteiger partial charge in [-0.2, -0.15) is 0 Å². The molecule has 0 aromatic heterocycles. The van der Waals surface area contributed by atoms with Gasteiger partial charge in [-0.25, -0.2) is 0 Å². The van der Waals surface area contributed by atoms with Gasteiger partial charge < -0.3 is 25.4 Å². The van der Waals surface area contributed by atoms with E-state index in [1.165, 1.54) is 13.8 Å². The van der Waals surface area contributed by atoms with Crippen molar-refractivity contribution in [3.05, 3.63) is 0 Å². The molecule has 0 aromatic carbocycles. The first kappa shape index (κ1) is 11.9. The molecule has 0 amide bonds. The quantitative estimate of drug-likeness (QED) is 0.374. The number of rotatable bonds is 0. The normalized spacial score (nSPS) is 36.2. The third-order valence-electron chi connectivity index (χ3n) is 2.10. The summed E-state index contributed by atoms with van der Waals surface area (Å²) in [5, 5.41) is 28.6. The van der Waals surface area contributed by atoms with Crippen molar-refractivity contribution in [2.75, 3.05) is 13.2 Å². The van der Waals surface area contributed by atoms with Crippen molar-refractivity contribution in [1.82, 2.24) is 5.32 Å². The number of aliphatic hydroxyl groups is 3. The molecule has 1 unspecified atom stereocenters. The SMILES string of the molecule is CC(C)(O)O.OC1CN[C@@H]2CCO[C@H]12. The molecular weight excluding hydrogens is 186 g/mol. The highest BCUT2D eigenvalue weighted by molar-refractivity contribution is 4.94. The molecule has 0 radical (unpaired) electrons. The lowest BCUT2D eigenvalue weighted by molar-refractivity contribution is -0.127. The number of ether oxygens (including phenoxy) is 1. The highest BCUT2D eigenvalue weighted by atomic mass is 16.5. The Morgan fingerprint density at radius 3 is 2.43 bits per heavy atom. The summed E-state index contributed by atoms with van der Waals surface area (Å²) in [6, 6.07) is 0.431. The summed E-state index contributed by atoms with van der Waals surface area (Å²) in [4.78, 5) is 0. The van der Waals surface area contributed by atoms with Crippen molar-refractivity contribution < 1.29 is 20.1 Å². The molecule has 2 rings (SSSR count). The van der Waals surface area contributed by atoms with Gasteiger partial charge in [0.1, 0.15) is 0 Å².